The van der Waals surface area contributed by atoms with Gasteiger partial charge in [0.2, 0.25) is 11.1 Å². The molecule has 0 aromatic rings. The van der Waals surface area contributed by atoms with Crippen LogP contribution in [-0.2, 0) is 0 Å². The molecule has 136 valence electrons. The highest BCUT2D eigenvalue weighted by molar-refractivity contribution is 5.28. The summed E-state index contributed by atoms with van der Waals surface area (Å²) in [5.41, 5.74) is -12.0. The fourth-order valence-electron chi connectivity index (χ4n) is 2.89. The van der Waals surface area contributed by atoms with Crippen LogP contribution >= 0.6 is 0 Å². The Hall–Kier alpha value is -0.840. The summed E-state index contributed by atoms with van der Waals surface area (Å²) in [5.74, 6) is -9.87. The maximum absolute atomic E-state index is 14.3. The SMILES string of the molecule is [CH2]CC1C[CH]C(F)(C(F)(F)C(F)(F)F)C1(C(F)(F)F)C(F)(F)F. The zero-order valence-electron chi connectivity index (χ0n) is 10.8. The van der Waals surface area contributed by atoms with Crippen molar-refractivity contribution >= 4 is 0 Å². The molecule has 0 spiro atoms. The Morgan fingerprint density at radius 2 is 1.26 bits per heavy atom. The first-order valence-corrected chi connectivity index (χ1v) is 5.82. The minimum atomic E-state index is -6.96. The van der Waals surface area contributed by atoms with Crippen LogP contribution in [0, 0.1) is 24.7 Å². The van der Waals surface area contributed by atoms with Gasteiger partial charge in [-0.3, -0.25) is 0 Å². The lowest BCUT2D eigenvalue weighted by molar-refractivity contribution is -0.427. The molecule has 12 heteroatoms. The number of alkyl halides is 12. The third-order valence-electron chi connectivity index (χ3n) is 3.93. The highest BCUT2D eigenvalue weighted by Crippen LogP contribution is 2.73. The highest BCUT2D eigenvalue weighted by atomic mass is 19.4. The first kappa shape index (κ1) is 20.2. The number of hydrogen-bond donors (Lipinski definition) is 0. The van der Waals surface area contributed by atoms with E-state index in [0.29, 0.717) is 0 Å². The molecule has 2 radical (unpaired) electrons. The van der Waals surface area contributed by atoms with Crippen LogP contribution in [0.3, 0.4) is 0 Å². The van der Waals surface area contributed by atoms with Gasteiger partial charge in [-0.1, -0.05) is 6.92 Å². The summed E-state index contributed by atoms with van der Waals surface area (Å²) < 4.78 is 156. The standard InChI is InChI=1S/C11H8F12/c1-2-5-3-4-6(12,8(13,14)11(21,22)23)7(5,9(15,16)17)10(18,19)20/h4-5H,1-3H2. The van der Waals surface area contributed by atoms with Crippen LogP contribution in [-0.4, -0.2) is 30.1 Å². The lowest BCUT2D eigenvalue weighted by Crippen LogP contribution is -2.71. The van der Waals surface area contributed by atoms with E-state index in [9.17, 15) is 52.7 Å². The fraction of sp³-hybridized carbons (Fsp3) is 0.818. The van der Waals surface area contributed by atoms with E-state index in [4.69, 9.17) is 0 Å². The molecule has 0 aromatic heterocycles. The van der Waals surface area contributed by atoms with E-state index in [1.807, 2.05) is 0 Å². The zero-order chi connectivity index (χ0) is 18.7. The molecule has 0 amide bonds. The van der Waals surface area contributed by atoms with Gasteiger partial charge in [0.15, 0.2) is 0 Å². The first-order chi connectivity index (χ1) is 9.92. The average molecular weight is 368 g/mol. The molecule has 23 heavy (non-hydrogen) atoms. The van der Waals surface area contributed by atoms with E-state index in [0.717, 1.165) is 0 Å². The van der Waals surface area contributed by atoms with Gasteiger partial charge >= 0.3 is 24.5 Å². The lowest BCUT2D eigenvalue weighted by Gasteiger charge is -2.48. The van der Waals surface area contributed by atoms with Crippen LogP contribution in [0.1, 0.15) is 12.8 Å². The Balaban J connectivity index is 3.85. The van der Waals surface area contributed by atoms with Crippen LogP contribution in [0.4, 0.5) is 52.7 Å². The van der Waals surface area contributed by atoms with Gasteiger partial charge in [-0.05, 0) is 18.8 Å². The van der Waals surface area contributed by atoms with Gasteiger partial charge in [-0.2, -0.15) is 48.3 Å². The molecule has 1 fully saturated rings. The van der Waals surface area contributed by atoms with Crippen LogP contribution in [0.15, 0.2) is 0 Å². The normalized spacial score (nSPS) is 29.9. The maximum Gasteiger partial charge on any atom is 0.456 e. The molecule has 0 aromatic carbocycles. The second-order valence-corrected chi connectivity index (χ2v) is 5.01. The van der Waals surface area contributed by atoms with Crippen molar-refractivity contribution in [1.82, 2.24) is 0 Å². The first-order valence-electron chi connectivity index (χ1n) is 5.82. The molecule has 1 aliphatic rings. The van der Waals surface area contributed by atoms with Crippen LogP contribution in [0.2, 0.25) is 0 Å². The van der Waals surface area contributed by atoms with E-state index in [-0.39, 0.29) is 0 Å². The Kier molecular flexibility index (Phi) is 4.46. The van der Waals surface area contributed by atoms with Crippen molar-refractivity contribution < 1.29 is 52.7 Å². The molecule has 0 saturated heterocycles. The van der Waals surface area contributed by atoms with Gasteiger partial charge in [-0.25, -0.2) is 4.39 Å². The summed E-state index contributed by atoms with van der Waals surface area (Å²) in [4.78, 5) is 0. The second-order valence-electron chi connectivity index (χ2n) is 5.01. The lowest BCUT2D eigenvalue weighted by atomic mass is 9.65. The molecule has 1 aliphatic carbocycles. The largest absolute Gasteiger partial charge is 0.456 e. The van der Waals surface area contributed by atoms with Crippen molar-refractivity contribution in [2.24, 2.45) is 11.3 Å². The number of halogens is 12. The van der Waals surface area contributed by atoms with Gasteiger partial charge in [0, 0.05) is 6.42 Å². The van der Waals surface area contributed by atoms with Crippen molar-refractivity contribution in [2.45, 2.75) is 43.0 Å². The summed E-state index contributed by atoms with van der Waals surface area (Å²) in [6.45, 7) is 2.69. The Bertz CT molecular complexity index is 427. The second kappa shape index (κ2) is 5.08. The molecular weight excluding hydrogens is 360 g/mol. The van der Waals surface area contributed by atoms with Crippen molar-refractivity contribution in [1.29, 1.82) is 0 Å². The summed E-state index contributed by atoms with van der Waals surface area (Å²) in [6, 6.07) is 0. The van der Waals surface area contributed by atoms with Gasteiger partial charge < -0.3 is 0 Å². The van der Waals surface area contributed by atoms with Crippen molar-refractivity contribution in [2.75, 3.05) is 0 Å². The molecule has 0 nitrogen and oxygen atoms in total. The van der Waals surface area contributed by atoms with Crippen molar-refractivity contribution in [3.05, 3.63) is 13.3 Å². The number of hydrogen-bond acceptors (Lipinski definition) is 0. The van der Waals surface area contributed by atoms with Crippen LogP contribution < -0.4 is 0 Å². The third-order valence-corrected chi connectivity index (χ3v) is 3.93. The van der Waals surface area contributed by atoms with Gasteiger partial charge in [0.05, 0.1) is 0 Å². The van der Waals surface area contributed by atoms with E-state index in [2.05, 4.69) is 6.92 Å². The summed E-state index contributed by atoms with van der Waals surface area (Å²) >= 11 is 0. The molecule has 0 N–H and O–H groups in total. The summed E-state index contributed by atoms with van der Waals surface area (Å²) in [5, 5.41) is 0. The quantitative estimate of drug-likeness (QED) is 0.569. The number of rotatable bonds is 2. The molecule has 1 rings (SSSR count). The maximum atomic E-state index is 14.3. The highest BCUT2D eigenvalue weighted by Gasteiger charge is 2.93. The van der Waals surface area contributed by atoms with E-state index in [1.54, 1.807) is 0 Å². The van der Waals surface area contributed by atoms with Gasteiger partial charge in [0.25, 0.3) is 0 Å². The predicted molar refractivity (Wildman–Crippen MR) is 51.8 cm³/mol. The van der Waals surface area contributed by atoms with Crippen LogP contribution in [0.5, 0.6) is 0 Å². The summed E-state index contributed by atoms with van der Waals surface area (Å²) in [6.07, 6.45) is -24.3. The Labute approximate surface area is 121 Å². The minimum Gasteiger partial charge on any atom is -0.235 e. The van der Waals surface area contributed by atoms with E-state index in [1.165, 1.54) is 0 Å². The topological polar surface area (TPSA) is 0 Å². The third kappa shape index (κ3) is 2.30. The molecule has 2 unspecified atom stereocenters. The van der Waals surface area contributed by atoms with E-state index < -0.39 is 60.7 Å². The molecule has 2 atom stereocenters. The fourth-order valence-corrected chi connectivity index (χ4v) is 2.89. The van der Waals surface area contributed by atoms with E-state index >= 15 is 0 Å². The molecule has 1 saturated carbocycles. The smallest absolute Gasteiger partial charge is 0.235 e. The van der Waals surface area contributed by atoms with Gasteiger partial charge in [-0.15, -0.1) is 0 Å². The van der Waals surface area contributed by atoms with Crippen molar-refractivity contribution in [3.8, 4) is 0 Å². The minimum absolute atomic E-state index is 0.892. The average Bonchev–Trinajstić information content (AvgIpc) is 2.61. The Morgan fingerprint density at radius 3 is 1.52 bits per heavy atom. The van der Waals surface area contributed by atoms with Gasteiger partial charge in [0.1, 0.15) is 0 Å². The van der Waals surface area contributed by atoms with Crippen LogP contribution in [0.25, 0.3) is 0 Å². The van der Waals surface area contributed by atoms with Crippen molar-refractivity contribution in [3.63, 3.8) is 0 Å². The predicted octanol–water partition coefficient (Wildman–Crippen LogP) is 5.45. The Morgan fingerprint density at radius 1 is 0.870 bits per heavy atom. The molecule has 0 heterocycles. The monoisotopic (exact) mass is 368 g/mol. The molecular formula is C11H8F12. The summed E-state index contributed by atoms with van der Waals surface area (Å²) in [7, 11) is 0. The molecule has 0 aliphatic heterocycles. The molecule has 0 bridgehead atoms. The zero-order valence-corrected chi connectivity index (χ0v) is 10.8.